The number of nitrogens with two attached hydrogens (primary N) is 1. The molecule has 88 valence electrons. The standard InChI is InChI=1S/C11H15BrN2O2/c1-7(6-13)14-11(15)9-5-8(16-2)3-4-10(9)12/h3-5,7H,6,13H2,1-2H3,(H,14,15). The minimum atomic E-state index is -0.163. The molecular weight excluding hydrogens is 272 g/mol. The van der Waals surface area contributed by atoms with Gasteiger partial charge >= 0.3 is 0 Å². The molecule has 1 aromatic carbocycles. The normalized spacial score (nSPS) is 12.0. The van der Waals surface area contributed by atoms with Crippen LogP contribution < -0.4 is 15.8 Å². The number of hydrogen-bond acceptors (Lipinski definition) is 3. The Morgan fingerprint density at radius 2 is 2.31 bits per heavy atom. The predicted octanol–water partition coefficient (Wildman–Crippen LogP) is 1.53. The SMILES string of the molecule is COc1ccc(Br)c(C(=O)NC(C)CN)c1. The molecule has 0 radical (unpaired) electrons. The number of nitrogens with one attached hydrogen (secondary N) is 1. The third-order valence-electron chi connectivity index (χ3n) is 2.15. The zero-order chi connectivity index (χ0) is 12.1. The van der Waals surface area contributed by atoms with Gasteiger partial charge in [0.2, 0.25) is 0 Å². The highest BCUT2D eigenvalue weighted by atomic mass is 79.9. The van der Waals surface area contributed by atoms with Crippen LogP contribution in [0.5, 0.6) is 5.75 Å². The van der Waals surface area contributed by atoms with Crippen LogP contribution in [0.3, 0.4) is 0 Å². The van der Waals surface area contributed by atoms with E-state index >= 15 is 0 Å². The minimum absolute atomic E-state index is 0.0504. The second-order valence-electron chi connectivity index (χ2n) is 3.46. The van der Waals surface area contributed by atoms with Crippen LogP contribution in [-0.2, 0) is 0 Å². The van der Waals surface area contributed by atoms with Crippen LogP contribution in [0.1, 0.15) is 17.3 Å². The van der Waals surface area contributed by atoms with Gasteiger partial charge in [-0.3, -0.25) is 4.79 Å². The third kappa shape index (κ3) is 3.21. The van der Waals surface area contributed by atoms with Crippen molar-refractivity contribution in [3.63, 3.8) is 0 Å². The van der Waals surface area contributed by atoms with Gasteiger partial charge in [-0.15, -0.1) is 0 Å². The van der Waals surface area contributed by atoms with Crippen molar-refractivity contribution < 1.29 is 9.53 Å². The number of amides is 1. The summed E-state index contributed by atoms with van der Waals surface area (Å²) < 4.78 is 5.80. The number of halogens is 1. The van der Waals surface area contributed by atoms with Crippen molar-refractivity contribution in [1.82, 2.24) is 5.32 Å². The Bertz CT molecular complexity index is 382. The van der Waals surface area contributed by atoms with E-state index in [9.17, 15) is 4.79 Å². The number of hydrogen-bond donors (Lipinski definition) is 2. The zero-order valence-corrected chi connectivity index (χ0v) is 10.9. The van der Waals surface area contributed by atoms with Gasteiger partial charge in [0, 0.05) is 17.1 Å². The summed E-state index contributed by atoms with van der Waals surface area (Å²) in [5.41, 5.74) is 5.98. The number of ether oxygens (including phenoxy) is 1. The van der Waals surface area contributed by atoms with Crippen molar-refractivity contribution in [3.8, 4) is 5.75 Å². The van der Waals surface area contributed by atoms with E-state index in [4.69, 9.17) is 10.5 Å². The molecule has 0 aliphatic rings. The topological polar surface area (TPSA) is 64.3 Å². The van der Waals surface area contributed by atoms with Crippen molar-refractivity contribution in [2.24, 2.45) is 5.73 Å². The summed E-state index contributed by atoms with van der Waals surface area (Å²) in [6, 6.07) is 5.20. The lowest BCUT2D eigenvalue weighted by atomic mass is 10.2. The Morgan fingerprint density at radius 3 is 2.88 bits per heavy atom. The van der Waals surface area contributed by atoms with E-state index in [0.29, 0.717) is 17.9 Å². The summed E-state index contributed by atoms with van der Waals surface area (Å²) in [7, 11) is 1.56. The second-order valence-corrected chi connectivity index (χ2v) is 4.31. The molecule has 1 amide bonds. The van der Waals surface area contributed by atoms with Crippen LogP contribution in [0, 0.1) is 0 Å². The fourth-order valence-corrected chi connectivity index (χ4v) is 1.59. The van der Waals surface area contributed by atoms with E-state index in [1.54, 1.807) is 25.3 Å². The minimum Gasteiger partial charge on any atom is -0.497 e. The summed E-state index contributed by atoms with van der Waals surface area (Å²) in [5.74, 6) is 0.484. The molecule has 0 aromatic heterocycles. The van der Waals surface area contributed by atoms with E-state index < -0.39 is 0 Å². The lowest BCUT2D eigenvalue weighted by Crippen LogP contribution is -2.37. The molecule has 1 unspecified atom stereocenters. The van der Waals surface area contributed by atoms with Crippen LogP contribution in [-0.4, -0.2) is 25.6 Å². The Labute approximate surface area is 103 Å². The van der Waals surface area contributed by atoms with Gasteiger partial charge in [0.15, 0.2) is 0 Å². The summed E-state index contributed by atoms with van der Waals surface area (Å²) in [6.07, 6.45) is 0. The molecule has 16 heavy (non-hydrogen) atoms. The van der Waals surface area contributed by atoms with E-state index in [1.807, 2.05) is 6.92 Å². The summed E-state index contributed by atoms with van der Waals surface area (Å²) in [4.78, 5) is 11.9. The Morgan fingerprint density at radius 1 is 1.62 bits per heavy atom. The van der Waals surface area contributed by atoms with Crippen LogP contribution >= 0.6 is 15.9 Å². The van der Waals surface area contributed by atoms with Gasteiger partial charge in [-0.2, -0.15) is 0 Å². The fourth-order valence-electron chi connectivity index (χ4n) is 1.17. The lowest BCUT2D eigenvalue weighted by molar-refractivity contribution is 0.0940. The molecule has 1 rings (SSSR count). The molecule has 1 aromatic rings. The fraction of sp³-hybridized carbons (Fsp3) is 0.364. The van der Waals surface area contributed by atoms with Crippen molar-refractivity contribution in [2.75, 3.05) is 13.7 Å². The maximum atomic E-state index is 11.9. The molecule has 0 spiro atoms. The van der Waals surface area contributed by atoms with Gasteiger partial charge in [0.25, 0.3) is 5.91 Å². The highest BCUT2D eigenvalue weighted by Gasteiger charge is 2.12. The number of carbonyl (C=O) groups excluding carboxylic acids is 1. The summed E-state index contributed by atoms with van der Waals surface area (Å²) in [6.45, 7) is 2.26. The molecule has 5 heteroatoms. The monoisotopic (exact) mass is 286 g/mol. The Balaban J connectivity index is 2.89. The Kier molecular flexibility index (Phi) is 4.76. The number of carbonyl (C=O) groups is 1. The maximum Gasteiger partial charge on any atom is 0.252 e. The average Bonchev–Trinajstić information content (AvgIpc) is 2.29. The molecule has 0 bridgehead atoms. The van der Waals surface area contributed by atoms with E-state index in [1.165, 1.54) is 0 Å². The molecule has 0 heterocycles. The quantitative estimate of drug-likeness (QED) is 0.882. The number of methoxy groups -OCH3 is 1. The van der Waals surface area contributed by atoms with Gasteiger partial charge < -0.3 is 15.8 Å². The molecule has 0 aliphatic heterocycles. The summed E-state index contributed by atoms with van der Waals surface area (Å²) in [5, 5.41) is 2.79. The Hall–Kier alpha value is -1.07. The van der Waals surface area contributed by atoms with Crippen LogP contribution in [0.15, 0.2) is 22.7 Å². The van der Waals surface area contributed by atoms with Gasteiger partial charge in [-0.05, 0) is 41.1 Å². The third-order valence-corrected chi connectivity index (χ3v) is 2.84. The number of rotatable bonds is 4. The van der Waals surface area contributed by atoms with Crippen molar-refractivity contribution in [2.45, 2.75) is 13.0 Å². The molecule has 4 nitrogen and oxygen atoms in total. The lowest BCUT2D eigenvalue weighted by Gasteiger charge is -2.12. The zero-order valence-electron chi connectivity index (χ0n) is 9.29. The van der Waals surface area contributed by atoms with Crippen molar-refractivity contribution >= 4 is 21.8 Å². The molecular formula is C11H15BrN2O2. The van der Waals surface area contributed by atoms with Crippen LogP contribution in [0.2, 0.25) is 0 Å². The summed E-state index contributed by atoms with van der Waals surface area (Å²) >= 11 is 3.32. The second kappa shape index (κ2) is 5.86. The first-order valence-electron chi connectivity index (χ1n) is 4.93. The van der Waals surface area contributed by atoms with Crippen molar-refractivity contribution in [3.05, 3.63) is 28.2 Å². The van der Waals surface area contributed by atoms with E-state index in [0.717, 1.165) is 4.47 Å². The number of benzene rings is 1. The predicted molar refractivity (Wildman–Crippen MR) is 66.7 cm³/mol. The van der Waals surface area contributed by atoms with Crippen LogP contribution in [0.25, 0.3) is 0 Å². The van der Waals surface area contributed by atoms with E-state index in [-0.39, 0.29) is 11.9 Å². The first kappa shape index (κ1) is 13.0. The molecule has 0 saturated heterocycles. The van der Waals surface area contributed by atoms with Gasteiger partial charge in [0.05, 0.1) is 12.7 Å². The van der Waals surface area contributed by atoms with Crippen molar-refractivity contribution in [1.29, 1.82) is 0 Å². The molecule has 3 N–H and O–H groups in total. The first-order chi connectivity index (χ1) is 7.58. The molecule has 0 saturated carbocycles. The maximum absolute atomic E-state index is 11.9. The van der Waals surface area contributed by atoms with Gasteiger partial charge in [-0.1, -0.05) is 0 Å². The van der Waals surface area contributed by atoms with E-state index in [2.05, 4.69) is 21.2 Å². The largest absolute Gasteiger partial charge is 0.497 e. The van der Waals surface area contributed by atoms with Gasteiger partial charge in [0.1, 0.15) is 5.75 Å². The average molecular weight is 287 g/mol. The highest BCUT2D eigenvalue weighted by Crippen LogP contribution is 2.22. The van der Waals surface area contributed by atoms with Crippen LogP contribution in [0.4, 0.5) is 0 Å². The molecule has 1 atom stereocenters. The first-order valence-corrected chi connectivity index (χ1v) is 5.72. The molecule has 0 fully saturated rings. The smallest absolute Gasteiger partial charge is 0.252 e. The highest BCUT2D eigenvalue weighted by molar-refractivity contribution is 9.10. The molecule has 0 aliphatic carbocycles. The van der Waals surface area contributed by atoms with Gasteiger partial charge in [-0.25, -0.2) is 0 Å².